The number of hydrazone groups is 1. The van der Waals surface area contributed by atoms with E-state index in [4.69, 9.17) is 0 Å². The van der Waals surface area contributed by atoms with Gasteiger partial charge in [0.1, 0.15) is 0 Å². The minimum absolute atomic E-state index is 0.308. The highest BCUT2D eigenvalue weighted by atomic mass is 15.3. The van der Waals surface area contributed by atoms with Crippen molar-refractivity contribution in [2.45, 2.75) is 46.5 Å². The molecule has 0 radical (unpaired) electrons. The second kappa shape index (κ2) is 3.92. The summed E-state index contributed by atoms with van der Waals surface area (Å²) in [7, 11) is 0. The number of rotatable bonds is 3. The Kier molecular flexibility index (Phi) is 3.12. The van der Waals surface area contributed by atoms with Gasteiger partial charge in [0.05, 0.1) is 0 Å². The van der Waals surface area contributed by atoms with Gasteiger partial charge in [-0.1, -0.05) is 27.2 Å². The van der Waals surface area contributed by atoms with Gasteiger partial charge >= 0.3 is 0 Å². The average Bonchev–Trinajstić information content (AvgIpc) is 2.06. The minimum Gasteiger partial charge on any atom is -0.310 e. The predicted molar refractivity (Wildman–Crippen MR) is 53.4 cm³/mol. The van der Waals surface area contributed by atoms with Crippen LogP contribution in [0.5, 0.6) is 0 Å². The average molecular weight is 168 g/mol. The molecule has 12 heavy (non-hydrogen) atoms. The van der Waals surface area contributed by atoms with Crippen LogP contribution in [0.1, 0.15) is 46.5 Å². The van der Waals surface area contributed by atoms with Crippen LogP contribution in [-0.2, 0) is 0 Å². The second-order valence-electron chi connectivity index (χ2n) is 4.20. The van der Waals surface area contributed by atoms with Gasteiger partial charge in [-0.15, -0.1) is 0 Å². The van der Waals surface area contributed by atoms with Crippen LogP contribution in [0, 0.1) is 5.41 Å². The minimum atomic E-state index is 0.308. The Morgan fingerprint density at radius 3 is 2.75 bits per heavy atom. The van der Waals surface area contributed by atoms with Crippen LogP contribution in [0.4, 0.5) is 0 Å². The lowest BCUT2D eigenvalue weighted by Gasteiger charge is -2.28. The summed E-state index contributed by atoms with van der Waals surface area (Å²) < 4.78 is 0. The molecule has 0 aliphatic carbocycles. The monoisotopic (exact) mass is 168 g/mol. The lowest BCUT2D eigenvalue weighted by molar-refractivity contribution is 0.444. The number of nitrogens with zero attached hydrogens (tertiary/aromatic N) is 1. The van der Waals surface area contributed by atoms with E-state index in [1.165, 1.54) is 31.4 Å². The maximum atomic E-state index is 4.39. The van der Waals surface area contributed by atoms with E-state index in [-0.39, 0.29) is 0 Å². The van der Waals surface area contributed by atoms with Crippen molar-refractivity contribution in [3.05, 3.63) is 0 Å². The van der Waals surface area contributed by atoms with Crippen LogP contribution in [0.25, 0.3) is 0 Å². The van der Waals surface area contributed by atoms with Gasteiger partial charge in [-0.3, -0.25) is 0 Å². The number of hydrogen-bond donors (Lipinski definition) is 1. The number of hydrogen-bond acceptors (Lipinski definition) is 2. The van der Waals surface area contributed by atoms with Crippen molar-refractivity contribution in [1.29, 1.82) is 0 Å². The molecule has 0 amide bonds. The largest absolute Gasteiger partial charge is 0.310 e. The summed E-state index contributed by atoms with van der Waals surface area (Å²) in [6.45, 7) is 7.87. The van der Waals surface area contributed by atoms with Crippen LogP contribution >= 0.6 is 0 Å². The quantitative estimate of drug-likeness (QED) is 0.688. The van der Waals surface area contributed by atoms with E-state index >= 15 is 0 Å². The van der Waals surface area contributed by atoms with Gasteiger partial charge in [0.25, 0.3) is 0 Å². The molecule has 0 aromatic carbocycles. The van der Waals surface area contributed by atoms with Crippen LogP contribution in [-0.4, -0.2) is 12.3 Å². The van der Waals surface area contributed by atoms with E-state index in [1.807, 2.05) is 0 Å². The maximum absolute atomic E-state index is 4.39. The molecule has 0 atom stereocenters. The highest BCUT2D eigenvalue weighted by molar-refractivity contribution is 5.89. The molecule has 1 N–H and O–H groups in total. The van der Waals surface area contributed by atoms with Crippen molar-refractivity contribution in [1.82, 2.24) is 5.43 Å². The molecule has 0 saturated carbocycles. The molecule has 0 fully saturated rings. The van der Waals surface area contributed by atoms with Gasteiger partial charge in [-0.2, -0.15) is 5.10 Å². The first-order valence-electron chi connectivity index (χ1n) is 4.96. The SMILES string of the molecule is CCCC(C)(C)C1=NNCCC1. The van der Waals surface area contributed by atoms with E-state index in [9.17, 15) is 0 Å². The van der Waals surface area contributed by atoms with Crippen LogP contribution in [0.3, 0.4) is 0 Å². The Labute approximate surface area is 75.4 Å². The highest BCUT2D eigenvalue weighted by Crippen LogP contribution is 2.27. The van der Waals surface area contributed by atoms with E-state index in [2.05, 4.69) is 31.3 Å². The van der Waals surface area contributed by atoms with Gasteiger partial charge < -0.3 is 5.43 Å². The molecule has 1 aliphatic rings. The molecule has 2 heteroatoms. The van der Waals surface area contributed by atoms with E-state index < -0.39 is 0 Å². The molecule has 1 rings (SSSR count). The fourth-order valence-corrected chi connectivity index (χ4v) is 1.80. The zero-order valence-electron chi connectivity index (χ0n) is 8.48. The molecule has 0 saturated heterocycles. The van der Waals surface area contributed by atoms with Gasteiger partial charge in [0.2, 0.25) is 0 Å². The number of nitrogens with one attached hydrogen (secondary N) is 1. The fourth-order valence-electron chi connectivity index (χ4n) is 1.80. The Balaban J connectivity index is 2.59. The molecule has 1 heterocycles. The second-order valence-corrected chi connectivity index (χ2v) is 4.20. The van der Waals surface area contributed by atoms with E-state index in [0.29, 0.717) is 5.41 Å². The van der Waals surface area contributed by atoms with E-state index in [0.717, 1.165) is 6.54 Å². The summed E-state index contributed by atoms with van der Waals surface area (Å²) >= 11 is 0. The highest BCUT2D eigenvalue weighted by Gasteiger charge is 2.24. The molecule has 0 aromatic rings. The third kappa shape index (κ3) is 2.23. The third-order valence-corrected chi connectivity index (χ3v) is 2.57. The smallest absolute Gasteiger partial charge is 0.0435 e. The first-order valence-corrected chi connectivity index (χ1v) is 4.96. The summed E-state index contributed by atoms with van der Waals surface area (Å²) in [5, 5.41) is 4.39. The Bertz CT molecular complexity index is 171. The van der Waals surface area contributed by atoms with Gasteiger partial charge in [0.15, 0.2) is 0 Å². The molecule has 0 unspecified atom stereocenters. The summed E-state index contributed by atoms with van der Waals surface area (Å²) in [6.07, 6.45) is 4.91. The predicted octanol–water partition coefficient (Wildman–Crippen LogP) is 2.55. The molecule has 0 spiro atoms. The maximum Gasteiger partial charge on any atom is 0.0435 e. The van der Waals surface area contributed by atoms with Gasteiger partial charge in [0, 0.05) is 17.7 Å². The standard InChI is InChI=1S/C10H20N2/c1-4-7-10(2,3)9-6-5-8-11-12-9/h11H,4-8H2,1-3H3. The summed E-state index contributed by atoms with van der Waals surface area (Å²) in [6, 6.07) is 0. The topological polar surface area (TPSA) is 24.4 Å². The third-order valence-electron chi connectivity index (χ3n) is 2.57. The zero-order chi connectivity index (χ0) is 9.03. The normalized spacial score (nSPS) is 18.4. The van der Waals surface area contributed by atoms with Crippen molar-refractivity contribution in [3.8, 4) is 0 Å². The summed E-state index contributed by atoms with van der Waals surface area (Å²) in [4.78, 5) is 0. The van der Waals surface area contributed by atoms with Gasteiger partial charge in [-0.05, 0) is 19.3 Å². The van der Waals surface area contributed by atoms with Crippen molar-refractivity contribution in [2.75, 3.05) is 6.54 Å². The molecule has 1 aliphatic heterocycles. The van der Waals surface area contributed by atoms with Crippen molar-refractivity contribution < 1.29 is 0 Å². The van der Waals surface area contributed by atoms with Crippen LogP contribution in [0.2, 0.25) is 0 Å². The fraction of sp³-hybridized carbons (Fsp3) is 0.900. The lowest BCUT2D eigenvalue weighted by Crippen LogP contribution is -2.30. The first kappa shape index (κ1) is 9.56. The van der Waals surface area contributed by atoms with Crippen molar-refractivity contribution in [2.24, 2.45) is 10.5 Å². The molecular weight excluding hydrogens is 148 g/mol. The molecule has 2 nitrogen and oxygen atoms in total. The first-order chi connectivity index (χ1) is 5.67. The van der Waals surface area contributed by atoms with E-state index in [1.54, 1.807) is 0 Å². The van der Waals surface area contributed by atoms with Gasteiger partial charge in [-0.25, -0.2) is 0 Å². The Morgan fingerprint density at radius 1 is 1.50 bits per heavy atom. The summed E-state index contributed by atoms with van der Waals surface area (Å²) in [5.41, 5.74) is 4.75. The zero-order valence-corrected chi connectivity index (χ0v) is 8.48. The Hall–Kier alpha value is -0.530. The summed E-state index contributed by atoms with van der Waals surface area (Å²) in [5.74, 6) is 0. The Morgan fingerprint density at radius 2 is 2.25 bits per heavy atom. The van der Waals surface area contributed by atoms with Crippen LogP contribution < -0.4 is 5.43 Å². The van der Waals surface area contributed by atoms with Crippen LogP contribution in [0.15, 0.2) is 5.10 Å². The molecule has 0 aromatic heterocycles. The van der Waals surface area contributed by atoms with Crippen molar-refractivity contribution >= 4 is 5.71 Å². The molecular formula is C10H20N2. The van der Waals surface area contributed by atoms with Crippen molar-refractivity contribution in [3.63, 3.8) is 0 Å². The molecule has 0 bridgehead atoms. The lowest BCUT2D eigenvalue weighted by atomic mass is 9.80. The molecule has 70 valence electrons.